The van der Waals surface area contributed by atoms with Crippen molar-refractivity contribution in [1.29, 1.82) is 0 Å². The number of rotatable bonds is 5. The van der Waals surface area contributed by atoms with Gasteiger partial charge in [-0.05, 0) is 25.8 Å². The number of anilines is 1. The average molecular weight is 389 g/mol. The van der Waals surface area contributed by atoms with Crippen molar-refractivity contribution < 1.29 is 4.79 Å². The minimum Gasteiger partial charge on any atom is -0.284 e. The molecule has 0 aliphatic heterocycles. The molecule has 1 fully saturated rings. The van der Waals surface area contributed by atoms with Crippen molar-refractivity contribution in [2.24, 2.45) is 0 Å². The van der Waals surface area contributed by atoms with Crippen molar-refractivity contribution in [3.63, 3.8) is 0 Å². The molecule has 0 spiro atoms. The van der Waals surface area contributed by atoms with E-state index in [-0.39, 0.29) is 17.2 Å². The van der Waals surface area contributed by atoms with Gasteiger partial charge in [0.05, 0.1) is 5.25 Å². The Morgan fingerprint density at radius 1 is 1.31 bits per heavy atom. The molecule has 0 unspecified atom stereocenters. The molecule has 1 saturated carbocycles. The molecular weight excluding hydrogens is 368 g/mol. The Morgan fingerprint density at radius 2 is 2.15 bits per heavy atom. The Hall–Kier alpha value is -2.00. The SMILES string of the molecule is C[C@@H](Sc1nc2ncccn2n1)C(=O)N(c1nccs1)C1CCCCC1. The third kappa shape index (κ3) is 3.59. The van der Waals surface area contributed by atoms with Gasteiger partial charge < -0.3 is 0 Å². The number of hydrogen-bond donors (Lipinski definition) is 0. The fraction of sp³-hybridized carbons (Fsp3) is 0.471. The molecule has 7 nitrogen and oxygen atoms in total. The fourth-order valence-electron chi connectivity index (χ4n) is 3.27. The molecule has 0 N–H and O–H groups in total. The van der Waals surface area contributed by atoms with Crippen molar-refractivity contribution >= 4 is 39.9 Å². The highest BCUT2D eigenvalue weighted by Crippen LogP contribution is 2.32. The second-order valence-electron chi connectivity index (χ2n) is 6.33. The molecule has 9 heteroatoms. The Balaban J connectivity index is 1.54. The number of aromatic nitrogens is 5. The molecule has 3 aromatic heterocycles. The maximum Gasteiger partial charge on any atom is 0.253 e. The van der Waals surface area contributed by atoms with Gasteiger partial charge in [0.15, 0.2) is 5.13 Å². The first kappa shape index (κ1) is 17.4. The van der Waals surface area contributed by atoms with Crippen molar-refractivity contribution in [1.82, 2.24) is 24.6 Å². The van der Waals surface area contributed by atoms with Gasteiger partial charge in [0.1, 0.15) is 0 Å². The first-order valence-corrected chi connectivity index (χ1v) is 10.5. The average Bonchev–Trinajstić information content (AvgIpc) is 3.32. The van der Waals surface area contributed by atoms with Gasteiger partial charge in [0, 0.05) is 30.0 Å². The summed E-state index contributed by atoms with van der Waals surface area (Å²) in [4.78, 5) is 28.1. The number of amides is 1. The maximum absolute atomic E-state index is 13.3. The molecule has 0 saturated heterocycles. The van der Waals surface area contributed by atoms with E-state index in [2.05, 4.69) is 20.1 Å². The smallest absolute Gasteiger partial charge is 0.253 e. The predicted molar refractivity (Wildman–Crippen MR) is 103 cm³/mol. The number of carbonyl (C=O) groups excluding carboxylic acids is 1. The lowest BCUT2D eigenvalue weighted by Crippen LogP contribution is -2.45. The highest BCUT2D eigenvalue weighted by atomic mass is 32.2. The number of nitrogens with zero attached hydrogens (tertiary/aromatic N) is 6. The number of thioether (sulfide) groups is 1. The fourth-order valence-corrected chi connectivity index (χ4v) is 4.79. The molecule has 0 bridgehead atoms. The van der Waals surface area contributed by atoms with E-state index in [0.29, 0.717) is 10.9 Å². The predicted octanol–water partition coefficient (Wildman–Crippen LogP) is 3.43. The zero-order valence-corrected chi connectivity index (χ0v) is 16.1. The van der Waals surface area contributed by atoms with E-state index in [1.54, 1.807) is 29.2 Å². The van der Waals surface area contributed by atoms with Gasteiger partial charge in [-0.15, -0.1) is 16.4 Å². The van der Waals surface area contributed by atoms with E-state index in [1.165, 1.54) is 42.4 Å². The topological polar surface area (TPSA) is 76.3 Å². The number of hydrogen-bond acceptors (Lipinski definition) is 7. The lowest BCUT2D eigenvalue weighted by Gasteiger charge is -2.33. The van der Waals surface area contributed by atoms with E-state index >= 15 is 0 Å². The number of carbonyl (C=O) groups is 1. The summed E-state index contributed by atoms with van der Waals surface area (Å²) in [5.41, 5.74) is 0. The summed E-state index contributed by atoms with van der Waals surface area (Å²) < 4.78 is 1.62. The third-order valence-electron chi connectivity index (χ3n) is 4.53. The Morgan fingerprint density at radius 3 is 2.88 bits per heavy atom. The summed E-state index contributed by atoms with van der Waals surface area (Å²) in [6.07, 6.45) is 10.9. The first-order chi connectivity index (χ1) is 12.7. The van der Waals surface area contributed by atoms with Crippen LogP contribution in [0.2, 0.25) is 0 Å². The molecule has 3 heterocycles. The van der Waals surface area contributed by atoms with Crippen molar-refractivity contribution in [2.45, 2.75) is 55.5 Å². The summed E-state index contributed by atoms with van der Waals surface area (Å²) >= 11 is 2.89. The maximum atomic E-state index is 13.3. The molecule has 136 valence electrons. The highest BCUT2D eigenvalue weighted by Gasteiger charge is 2.32. The van der Waals surface area contributed by atoms with Crippen LogP contribution in [0.25, 0.3) is 5.78 Å². The normalized spacial score (nSPS) is 16.7. The van der Waals surface area contributed by atoms with Gasteiger partial charge in [-0.2, -0.15) is 4.98 Å². The van der Waals surface area contributed by atoms with Crippen LogP contribution in [-0.2, 0) is 4.79 Å². The monoisotopic (exact) mass is 388 g/mol. The quantitative estimate of drug-likeness (QED) is 0.623. The van der Waals surface area contributed by atoms with Gasteiger partial charge in [-0.3, -0.25) is 9.69 Å². The zero-order chi connectivity index (χ0) is 17.9. The van der Waals surface area contributed by atoms with Crippen molar-refractivity contribution in [3.05, 3.63) is 30.0 Å². The number of thiazole rings is 1. The van der Waals surface area contributed by atoms with Crippen LogP contribution in [-0.4, -0.2) is 41.8 Å². The standard InChI is InChI=1S/C17H20N6OS2/c1-12(26-16-20-15-18-8-5-10-22(15)21-16)14(24)23(17-19-9-11-25-17)13-6-3-2-4-7-13/h5,8-13H,2-4,6-7H2,1H3/t12-/m1/s1. The zero-order valence-electron chi connectivity index (χ0n) is 14.5. The van der Waals surface area contributed by atoms with Gasteiger partial charge in [-0.25, -0.2) is 14.5 Å². The Labute approximate surface area is 159 Å². The third-order valence-corrected chi connectivity index (χ3v) is 6.24. The van der Waals surface area contributed by atoms with Crippen LogP contribution >= 0.6 is 23.1 Å². The van der Waals surface area contributed by atoms with E-state index < -0.39 is 0 Å². The molecular formula is C17H20N6OS2. The largest absolute Gasteiger partial charge is 0.284 e. The van der Waals surface area contributed by atoms with Crippen molar-refractivity contribution in [3.8, 4) is 0 Å². The van der Waals surface area contributed by atoms with Gasteiger partial charge in [0.25, 0.3) is 5.78 Å². The van der Waals surface area contributed by atoms with Crippen molar-refractivity contribution in [2.75, 3.05) is 4.90 Å². The summed E-state index contributed by atoms with van der Waals surface area (Å²) in [5, 5.41) is 7.37. The van der Waals surface area contributed by atoms with Gasteiger partial charge >= 0.3 is 0 Å². The summed E-state index contributed by atoms with van der Waals surface area (Å²) in [6.45, 7) is 1.91. The Kier molecular flexibility index (Phi) is 5.16. The molecule has 0 radical (unpaired) electrons. The Bertz CT molecular complexity index is 841. The summed E-state index contributed by atoms with van der Waals surface area (Å²) in [7, 11) is 0. The lowest BCUT2D eigenvalue weighted by atomic mass is 9.94. The molecule has 26 heavy (non-hydrogen) atoms. The first-order valence-electron chi connectivity index (χ1n) is 8.79. The molecule has 1 amide bonds. The molecule has 3 aromatic rings. The van der Waals surface area contributed by atoms with Crippen LogP contribution in [0.5, 0.6) is 0 Å². The molecule has 4 rings (SSSR count). The van der Waals surface area contributed by atoms with Crippen LogP contribution in [0, 0.1) is 0 Å². The highest BCUT2D eigenvalue weighted by molar-refractivity contribution is 8.00. The minimum atomic E-state index is -0.293. The van der Waals surface area contributed by atoms with Crippen LogP contribution in [0.1, 0.15) is 39.0 Å². The van der Waals surface area contributed by atoms with E-state index in [0.717, 1.165) is 18.0 Å². The molecule has 0 aromatic carbocycles. The van der Waals surface area contributed by atoms with Gasteiger partial charge in [-0.1, -0.05) is 31.0 Å². The van der Waals surface area contributed by atoms with E-state index in [4.69, 9.17) is 0 Å². The summed E-state index contributed by atoms with van der Waals surface area (Å²) in [6, 6.07) is 2.04. The summed E-state index contributed by atoms with van der Waals surface area (Å²) in [5.74, 6) is 0.613. The number of fused-ring (bicyclic) bond motifs is 1. The van der Waals surface area contributed by atoms with Crippen LogP contribution < -0.4 is 4.90 Å². The van der Waals surface area contributed by atoms with Crippen LogP contribution in [0.3, 0.4) is 0 Å². The molecule has 1 atom stereocenters. The van der Waals surface area contributed by atoms with E-state index in [1.807, 2.05) is 17.2 Å². The molecule has 1 aliphatic rings. The lowest BCUT2D eigenvalue weighted by molar-refractivity contribution is -0.118. The van der Waals surface area contributed by atoms with E-state index in [9.17, 15) is 4.79 Å². The second kappa shape index (κ2) is 7.71. The minimum absolute atomic E-state index is 0.0728. The van der Waals surface area contributed by atoms with Crippen LogP contribution in [0.4, 0.5) is 5.13 Å². The molecule has 1 aliphatic carbocycles. The van der Waals surface area contributed by atoms with Crippen LogP contribution in [0.15, 0.2) is 35.2 Å². The second-order valence-corrected chi connectivity index (χ2v) is 8.51. The van der Waals surface area contributed by atoms with Gasteiger partial charge in [0.2, 0.25) is 11.1 Å².